The van der Waals surface area contributed by atoms with E-state index in [4.69, 9.17) is 0 Å². The Kier molecular flexibility index (Phi) is 5.32. The molecule has 0 aromatic carbocycles. The molecule has 1 aliphatic rings. The van der Waals surface area contributed by atoms with Gasteiger partial charge < -0.3 is 19.3 Å². The summed E-state index contributed by atoms with van der Waals surface area (Å²) < 4.78 is 1.87. The van der Waals surface area contributed by atoms with Gasteiger partial charge in [0.15, 0.2) is 5.76 Å². The highest BCUT2D eigenvalue weighted by atomic mass is 16.3. The molecule has 3 aromatic rings. The molecule has 1 aliphatic heterocycles. The van der Waals surface area contributed by atoms with Crippen LogP contribution >= 0.6 is 0 Å². The highest BCUT2D eigenvalue weighted by Gasteiger charge is 2.46. The van der Waals surface area contributed by atoms with Crippen LogP contribution in [0.2, 0.25) is 0 Å². The average Bonchev–Trinajstić information content (AvgIpc) is 3.22. The van der Waals surface area contributed by atoms with Gasteiger partial charge in [-0.05, 0) is 51.2 Å². The van der Waals surface area contributed by atoms with Crippen LogP contribution in [0.3, 0.4) is 0 Å². The Morgan fingerprint density at radius 1 is 1.19 bits per heavy atom. The summed E-state index contributed by atoms with van der Waals surface area (Å²) in [7, 11) is 3.80. The van der Waals surface area contributed by atoms with Gasteiger partial charge in [0, 0.05) is 31.7 Å². The number of aryl methyl sites for hydroxylation is 2. The standard InChI is InChI=1S/C23H25N5O3/c1-14-7-6-10-27-15(2)18(25-22(14)27)20(29)17-19(16-8-5-9-24-13-16)28(12-11-26(3)4)23(31)21(17)30/h5-10,13,19,29H,11-12H2,1-4H3. The quantitative estimate of drug-likeness (QED) is 0.388. The van der Waals surface area contributed by atoms with Gasteiger partial charge in [0.2, 0.25) is 0 Å². The number of pyridine rings is 2. The van der Waals surface area contributed by atoms with E-state index in [0.29, 0.717) is 35.7 Å². The topological polar surface area (TPSA) is 91.0 Å². The van der Waals surface area contributed by atoms with Crippen LogP contribution in [0, 0.1) is 13.8 Å². The molecule has 0 spiro atoms. The third-order valence-corrected chi connectivity index (χ3v) is 5.64. The summed E-state index contributed by atoms with van der Waals surface area (Å²) >= 11 is 0. The van der Waals surface area contributed by atoms with Gasteiger partial charge in [-0.15, -0.1) is 0 Å². The minimum Gasteiger partial charge on any atom is -0.505 e. The summed E-state index contributed by atoms with van der Waals surface area (Å²) in [6.45, 7) is 4.69. The van der Waals surface area contributed by atoms with Gasteiger partial charge in [0.1, 0.15) is 11.3 Å². The normalized spacial score (nSPS) is 18.5. The zero-order valence-corrected chi connectivity index (χ0v) is 18.0. The third kappa shape index (κ3) is 3.48. The number of hydrogen-bond donors (Lipinski definition) is 1. The van der Waals surface area contributed by atoms with Crippen molar-refractivity contribution in [2.24, 2.45) is 0 Å². The second-order valence-electron chi connectivity index (χ2n) is 8.01. The lowest BCUT2D eigenvalue weighted by Crippen LogP contribution is -2.35. The second-order valence-corrected chi connectivity index (χ2v) is 8.01. The largest absolute Gasteiger partial charge is 0.505 e. The molecular formula is C23H25N5O3. The van der Waals surface area contributed by atoms with Gasteiger partial charge in [0.05, 0.1) is 17.3 Å². The SMILES string of the molecule is Cc1cccn2c(C)c(C(O)=C3C(=O)C(=O)N(CCN(C)C)C3c3cccnc3)nc12. The fourth-order valence-corrected chi connectivity index (χ4v) is 3.98. The number of imidazole rings is 1. The molecule has 1 unspecified atom stereocenters. The number of aromatic nitrogens is 3. The maximum Gasteiger partial charge on any atom is 0.295 e. The Hall–Kier alpha value is -3.52. The first-order chi connectivity index (χ1) is 14.8. The first-order valence-corrected chi connectivity index (χ1v) is 10.1. The number of likely N-dealkylation sites (N-methyl/N-ethyl adjacent to an activating group) is 1. The highest BCUT2D eigenvalue weighted by Crippen LogP contribution is 2.39. The molecule has 31 heavy (non-hydrogen) atoms. The van der Waals surface area contributed by atoms with Crippen molar-refractivity contribution >= 4 is 23.1 Å². The highest BCUT2D eigenvalue weighted by molar-refractivity contribution is 6.46. The number of hydrogen-bond acceptors (Lipinski definition) is 6. The smallest absolute Gasteiger partial charge is 0.295 e. The van der Waals surface area contributed by atoms with E-state index in [1.165, 1.54) is 4.90 Å². The summed E-state index contributed by atoms with van der Waals surface area (Å²) in [5.41, 5.74) is 3.34. The lowest BCUT2D eigenvalue weighted by atomic mass is 9.97. The van der Waals surface area contributed by atoms with Crippen LogP contribution in [-0.4, -0.2) is 68.2 Å². The van der Waals surface area contributed by atoms with E-state index in [2.05, 4.69) is 9.97 Å². The molecule has 8 heteroatoms. The lowest BCUT2D eigenvalue weighted by Gasteiger charge is -2.26. The average molecular weight is 419 g/mol. The van der Waals surface area contributed by atoms with Crippen molar-refractivity contribution in [2.45, 2.75) is 19.9 Å². The molecule has 3 aromatic heterocycles. The maximum absolute atomic E-state index is 13.1. The molecule has 0 radical (unpaired) electrons. The molecule has 1 fully saturated rings. The Balaban J connectivity index is 1.91. The summed E-state index contributed by atoms with van der Waals surface area (Å²) in [6.07, 6.45) is 5.10. The monoisotopic (exact) mass is 419 g/mol. The molecule has 4 heterocycles. The van der Waals surface area contributed by atoms with Gasteiger partial charge in [-0.3, -0.25) is 14.6 Å². The van der Waals surface area contributed by atoms with E-state index in [1.54, 1.807) is 24.5 Å². The van der Waals surface area contributed by atoms with Gasteiger partial charge in [-0.1, -0.05) is 12.1 Å². The number of rotatable bonds is 5. The number of ketones is 1. The first-order valence-electron chi connectivity index (χ1n) is 10.1. The van der Waals surface area contributed by atoms with E-state index in [0.717, 1.165) is 5.56 Å². The second kappa shape index (κ2) is 7.96. The molecule has 1 atom stereocenters. The summed E-state index contributed by atoms with van der Waals surface area (Å²) in [6, 6.07) is 6.66. The van der Waals surface area contributed by atoms with Crippen LogP contribution in [-0.2, 0) is 9.59 Å². The molecule has 0 aliphatic carbocycles. The van der Waals surface area contributed by atoms with Crippen molar-refractivity contribution in [1.29, 1.82) is 0 Å². The Morgan fingerprint density at radius 3 is 2.61 bits per heavy atom. The van der Waals surface area contributed by atoms with Crippen LogP contribution in [0.4, 0.5) is 0 Å². The van der Waals surface area contributed by atoms with Gasteiger partial charge in [-0.25, -0.2) is 4.98 Å². The lowest BCUT2D eigenvalue weighted by molar-refractivity contribution is -0.140. The molecule has 8 nitrogen and oxygen atoms in total. The van der Waals surface area contributed by atoms with Gasteiger partial charge in [0.25, 0.3) is 11.7 Å². The maximum atomic E-state index is 13.1. The van der Waals surface area contributed by atoms with E-state index in [9.17, 15) is 14.7 Å². The number of carbonyl (C=O) groups excluding carboxylic acids is 2. The zero-order valence-electron chi connectivity index (χ0n) is 18.0. The number of nitrogens with zero attached hydrogens (tertiary/aromatic N) is 5. The van der Waals surface area contributed by atoms with Crippen molar-refractivity contribution in [1.82, 2.24) is 24.2 Å². The fourth-order valence-electron chi connectivity index (χ4n) is 3.98. The molecule has 0 bridgehead atoms. The number of amides is 1. The van der Waals surface area contributed by atoms with Crippen LogP contribution in [0.1, 0.15) is 28.6 Å². The minimum absolute atomic E-state index is 0.0425. The molecule has 1 saturated heterocycles. The fraction of sp³-hybridized carbons (Fsp3) is 0.304. The first kappa shape index (κ1) is 20.7. The number of fused-ring (bicyclic) bond motifs is 1. The summed E-state index contributed by atoms with van der Waals surface area (Å²) in [5.74, 6) is -1.60. The predicted octanol–water partition coefficient (Wildman–Crippen LogP) is 2.33. The van der Waals surface area contributed by atoms with Crippen molar-refractivity contribution < 1.29 is 14.7 Å². The van der Waals surface area contributed by atoms with Crippen molar-refractivity contribution in [3.63, 3.8) is 0 Å². The number of Topliss-reactive ketones (excluding diaryl/α,β-unsaturated/α-hetero) is 1. The molecule has 160 valence electrons. The van der Waals surface area contributed by atoms with E-state index < -0.39 is 17.7 Å². The van der Waals surface area contributed by atoms with E-state index >= 15 is 0 Å². The van der Waals surface area contributed by atoms with Crippen LogP contribution in [0.5, 0.6) is 0 Å². The molecule has 1 amide bonds. The Morgan fingerprint density at radius 2 is 1.97 bits per heavy atom. The zero-order chi connectivity index (χ0) is 22.3. The van der Waals surface area contributed by atoms with Gasteiger partial charge >= 0.3 is 0 Å². The van der Waals surface area contributed by atoms with Crippen molar-refractivity contribution in [2.75, 3.05) is 27.2 Å². The molecule has 0 saturated carbocycles. The van der Waals surface area contributed by atoms with Crippen LogP contribution < -0.4 is 0 Å². The van der Waals surface area contributed by atoms with Crippen molar-refractivity contribution in [3.05, 3.63) is 70.9 Å². The minimum atomic E-state index is -0.723. The van der Waals surface area contributed by atoms with Gasteiger partial charge in [-0.2, -0.15) is 0 Å². The molecule has 1 N–H and O–H groups in total. The molecular weight excluding hydrogens is 394 g/mol. The summed E-state index contributed by atoms with van der Waals surface area (Å²) in [5, 5.41) is 11.3. The third-order valence-electron chi connectivity index (χ3n) is 5.64. The number of aliphatic hydroxyl groups excluding tert-OH is 1. The molecule has 4 rings (SSSR count). The van der Waals surface area contributed by atoms with Crippen LogP contribution in [0.15, 0.2) is 48.4 Å². The predicted molar refractivity (Wildman–Crippen MR) is 116 cm³/mol. The summed E-state index contributed by atoms with van der Waals surface area (Å²) in [4.78, 5) is 38.2. The van der Waals surface area contributed by atoms with Crippen molar-refractivity contribution in [3.8, 4) is 0 Å². The van der Waals surface area contributed by atoms with E-state index in [-0.39, 0.29) is 11.3 Å². The Bertz CT molecular complexity index is 1200. The number of likely N-dealkylation sites (tertiary alicyclic amines) is 1. The number of carbonyl (C=O) groups is 2. The Labute approximate surface area is 180 Å². The number of aliphatic hydroxyl groups is 1. The van der Waals surface area contributed by atoms with Crippen LogP contribution in [0.25, 0.3) is 11.4 Å². The van der Waals surface area contributed by atoms with E-state index in [1.807, 2.05) is 55.6 Å².